The first-order valence-electron chi connectivity index (χ1n) is 5.73. The first kappa shape index (κ1) is 14.1. The van der Waals surface area contributed by atoms with Gasteiger partial charge in [0.1, 0.15) is 11.5 Å². The van der Waals surface area contributed by atoms with E-state index in [1.807, 2.05) is 70.7 Å². The largest absolute Gasteiger partial charge is 0.457 e. The van der Waals surface area contributed by atoms with Crippen molar-refractivity contribution in [3.05, 3.63) is 69.6 Å². The van der Waals surface area contributed by atoms with Gasteiger partial charge in [-0.1, -0.05) is 56.1 Å². The molecule has 0 amide bonds. The Labute approximate surface area is 129 Å². The van der Waals surface area contributed by atoms with Gasteiger partial charge in [-0.15, -0.1) is 0 Å². The normalized spacial score (nSPS) is 11.3. The second-order valence-electron chi connectivity index (χ2n) is 3.83. The molecule has 0 radical (unpaired) electrons. The number of halogens is 2. The molecular formula is C16H12Br2O. The van der Waals surface area contributed by atoms with Crippen molar-refractivity contribution < 1.29 is 4.74 Å². The molecule has 0 N–H and O–H groups in total. The lowest BCUT2D eigenvalue weighted by molar-refractivity contribution is 0.482. The second-order valence-corrected chi connectivity index (χ2v) is 4.88. The SMILES string of the molecule is Br/C=C\c1ccc(Oc2ccc(/C=C\Br)cc2)cc1. The van der Waals surface area contributed by atoms with E-state index in [1.54, 1.807) is 0 Å². The van der Waals surface area contributed by atoms with Crippen molar-refractivity contribution >= 4 is 44.0 Å². The van der Waals surface area contributed by atoms with E-state index in [2.05, 4.69) is 31.9 Å². The number of rotatable bonds is 4. The molecule has 0 saturated carbocycles. The van der Waals surface area contributed by atoms with Crippen molar-refractivity contribution in [2.24, 2.45) is 0 Å². The number of hydrogen-bond donors (Lipinski definition) is 0. The van der Waals surface area contributed by atoms with Crippen molar-refractivity contribution in [3.8, 4) is 11.5 Å². The van der Waals surface area contributed by atoms with E-state index < -0.39 is 0 Å². The van der Waals surface area contributed by atoms with E-state index in [0.29, 0.717) is 0 Å². The number of hydrogen-bond acceptors (Lipinski definition) is 1. The summed E-state index contributed by atoms with van der Waals surface area (Å²) in [5.41, 5.74) is 2.25. The molecular weight excluding hydrogens is 368 g/mol. The molecule has 2 aromatic carbocycles. The fourth-order valence-electron chi connectivity index (χ4n) is 1.58. The summed E-state index contributed by atoms with van der Waals surface area (Å²) in [7, 11) is 0. The van der Waals surface area contributed by atoms with Gasteiger partial charge in [0.15, 0.2) is 0 Å². The highest BCUT2D eigenvalue weighted by Crippen LogP contribution is 2.22. The molecule has 19 heavy (non-hydrogen) atoms. The highest BCUT2D eigenvalue weighted by molar-refractivity contribution is 9.11. The van der Waals surface area contributed by atoms with Crippen LogP contribution in [0.25, 0.3) is 12.2 Å². The molecule has 3 heteroatoms. The van der Waals surface area contributed by atoms with E-state index in [0.717, 1.165) is 22.6 Å². The van der Waals surface area contributed by atoms with Gasteiger partial charge in [-0.05, 0) is 57.5 Å². The fraction of sp³-hybridized carbons (Fsp3) is 0. The lowest BCUT2D eigenvalue weighted by Crippen LogP contribution is -1.84. The average molecular weight is 380 g/mol. The summed E-state index contributed by atoms with van der Waals surface area (Å²) < 4.78 is 5.77. The first-order chi connectivity index (χ1) is 9.31. The Morgan fingerprint density at radius 3 is 1.32 bits per heavy atom. The van der Waals surface area contributed by atoms with Crippen LogP contribution >= 0.6 is 31.9 Å². The molecule has 0 aromatic heterocycles. The summed E-state index contributed by atoms with van der Waals surface area (Å²) in [4.78, 5) is 3.66. The van der Waals surface area contributed by atoms with Crippen molar-refractivity contribution in [2.75, 3.05) is 0 Å². The van der Waals surface area contributed by atoms with E-state index in [1.165, 1.54) is 0 Å². The van der Waals surface area contributed by atoms with Crippen LogP contribution in [0.2, 0.25) is 0 Å². The maximum atomic E-state index is 5.77. The quantitative estimate of drug-likeness (QED) is 0.613. The lowest BCUT2D eigenvalue weighted by atomic mass is 10.2. The van der Waals surface area contributed by atoms with Crippen LogP contribution in [0.1, 0.15) is 11.1 Å². The molecule has 0 unspecified atom stereocenters. The molecule has 0 fully saturated rings. The Bertz CT molecular complexity index is 515. The zero-order chi connectivity index (χ0) is 13.5. The van der Waals surface area contributed by atoms with Gasteiger partial charge >= 0.3 is 0 Å². The summed E-state index contributed by atoms with van der Waals surface area (Å²) >= 11 is 6.51. The van der Waals surface area contributed by atoms with Crippen LogP contribution in [0.5, 0.6) is 11.5 Å². The van der Waals surface area contributed by atoms with E-state index in [4.69, 9.17) is 4.74 Å². The molecule has 0 spiro atoms. The Morgan fingerprint density at radius 1 is 0.632 bits per heavy atom. The maximum absolute atomic E-state index is 5.77. The van der Waals surface area contributed by atoms with Crippen LogP contribution in [0.15, 0.2) is 58.5 Å². The molecule has 0 saturated heterocycles. The molecule has 1 nitrogen and oxygen atoms in total. The predicted molar refractivity (Wildman–Crippen MR) is 88.9 cm³/mol. The topological polar surface area (TPSA) is 9.23 Å². The first-order valence-corrected chi connectivity index (χ1v) is 7.56. The summed E-state index contributed by atoms with van der Waals surface area (Å²) in [5, 5.41) is 0. The standard InChI is InChI=1S/C16H12Br2O/c17-11-9-13-1-5-15(6-2-13)19-16-7-3-14(4-8-16)10-12-18/h1-12H/b11-9-,12-10-. The fourth-order valence-corrected chi connectivity index (χ4v) is 2.19. The van der Waals surface area contributed by atoms with Crippen molar-refractivity contribution in [3.63, 3.8) is 0 Å². The molecule has 0 atom stereocenters. The summed E-state index contributed by atoms with van der Waals surface area (Å²) in [6, 6.07) is 15.8. The van der Waals surface area contributed by atoms with E-state index in [9.17, 15) is 0 Å². The van der Waals surface area contributed by atoms with Crippen LogP contribution in [-0.4, -0.2) is 0 Å². The molecule has 0 aliphatic rings. The Balaban J connectivity index is 2.07. The van der Waals surface area contributed by atoms with E-state index in [-0.39, 0.29) is 0 Å². The molecule has 0 aliphatic heterocycles. The van der Waals surface area contributed by atoms with Crippen LogP contribution in [0, 0.1) is 0 Å². The summed E-state index contributed by atoms with van der Waals surface area (Å²) in [5.74, 6) is 1.66. The minimum atomic E-state index is 0.829. The van der Waals surface area contributed by atoms with Crippen LogP contribution in [-0.2, 0) is 0 Å². The van der Waals surface area contributed by atoms with Crippen LogP contribution in [0.3, 0.4) is 0 Å². The third kappa shape index (κ3) is 4.37. The van der Waals surface area contributed by atoms with Crippen molar-refractivity contribution in [2.45, 2.75) is 0 Å². The third-order valence-electron chi connectivity index (χ3n) is 2.51. The highest BCUT2D eigenvalue weighted by atomic mass is 79.9. The Kier molecular flexibility index (Phi) is 5.43. The van der Waals surface area contributed by atoms with Gasteiger partial charge < -0.3 is 4.74 Å². The molecule has 2 aromatic rings. The third-order valence-corrected chi connectivity index (χ3v) is 3.04. The van der Waals surface area contributed by atoms with Gasteiger partial charge in [0, 0.05) is 0 Å². The van der Waals surface area contributed by atoms with Crippen molar-refractivity contribution in [1.29, 1.82) is 0 Å². The van der Waals surface area contributed by atoms with Gasteiger partial charge in [-0.2, -0.15) is 0 Å². The summed E-state index contributed by atoms with van der Waals surface area (Å²) in [6.45, 7) is 0. The zero-order valence-electron chi connectivity index (χ0n) is 10.1. The minimum absolute atomic E-state index is 0.829. The molecule has 0 aliphatic carbocycles. The highest BCUT2D eigenvalue weighted by Gasteiger charge is 1.97. The predicted octanol–water partition coefficient (Wildman–Crippen LogP) is 6.21. The van der Waals surface area contributed by atoms with Gasteiger partial charge in [0.05, 0.1) is 0 Å². The number of benzene rings is 2. The monoisotopic (exact) mass is 378 g/mol. The second kappa shape index (κ2) is 7.31. The van der Waals surface area contributed by atoms with Gasteiger partial charge in [-0.3, -0.25) is 0 Å². The summed E-state index contributed by atoms with van der Waals surface area (Å²) in [6.07, 6.45) is 3.95. The van der Waals surface area contributed by atoms with Gasteiger partial charge in [0.2, 0.25) is 0 Å². The zero-order valence-corrected chi connectivity index (χ0v) is 13.3. The van der Waals surface area contributed by atoms with Crippen LogP contribution in [0.4, 0.5) is 0 Å². The minimum Gasteiger partial charge on any atom is -0.457 e. The Morgan fingerprint density at radius 2 is 1.00 bits per heavy atom. The molecule has 2 rings (SSSR count). The lowest BCUT2D eigenvalue weighted by Gasteiger charge is -2.06. The van der Waals surface area contributed by atoms with Crippen molar-refractivity contribution in [1.82, 2.24) is 0 Å². The smallest absolute Gasteiger partial charge is 0.127 e. The average Bonchev–Trinajstić information content (AvgIpc) is 2.44. The van der Waals surface area contributed by atoms with Crippen LogP contribution < -0.4 is 4.74 Å². The molecule has 0 heterocycles. The Hall–Kier alpha value is -1.32. The van der Waals surface area contributed by atoms with Gasteiger partial charge in [0.25, 0.3) is 0 Å². The van der Waals surface area contributed by atoms with Gasteiger partial charge in [-0.25, -0.2) is 0 Å². The number of ether oxygens (including phenoxy) is 1. The maximum Gasteiger partial charge on any atom is 0.127 e. The molecule has 0 bridgehead atoms. The van der Waals surface area contributed by atoms with E-state index >= 15 is 0 Å². The molecule has 96 valence electrons.